The van der Waals surface area contributed by atoms with Crippen molar-refractivity contribution in [2.45, 2.75) is 25.9 Å². The molecule has 1 N–H and O–H groups in total. The standard InChI is InChI=1S/C12H16FNO2S/c1-9-6-11(13)3-2-10(9)7-14-12-4-5-17(15,16)8-12/h2-3,6,12,14H,4-5,7-8H2,1H3. The van der Waals surface area contributed by atoms with Gasteiger partial charge < -0.3 is 5.32 Å². The van der Waals surface area contributed by atoms with E-state index in [2.05, 4.69) is 5.32 Å². The van der Waals surface area contributed by atoms with Crippen LogP contribution >= 0.6 is 0 Å². The van der Waals surface area contributed by atoms with E-state index in [-0.39, 0.29) is 23.4 Å². The van der Waals surface area contributed by atoms with Crippen molar-refractivity contribution in [3.63, 3.8) is 0 Å². The van der Waals surface area contributed by atoms with Crippen LogP contribution in [0.2, 0.25) is 0 Å². The Hall–Kier alpha value is -0.940. The van der Waals surface area contributed by atoms with Crippen LogP contribution in [-0.2, 0) is 16.4 Å². The van der Waals surface area contributed by atoms with E-state index in [9.17, 15) is 12.8 Å². The molecule has 2 rings (SSSR count). The molecule has 5 heteroatoms. The van der Waals surface area contributed by atoms with E-state index in [0.717, 1.165) is 11.1 Å². The summed E-state index contributed by atoms with van der Waals surface area (Å²) in [7, 11) is -2.84. The van der Waals surface area contributed by atoms with E-state index in [0.29, 0.717) is 13.0 Å². The highest BCUT2D eigenvalue weighted by Crippen LogP contribution is 2.14. The van der Waals surface area contributed by atoms with Crippen LogP contribution in [0.25, 0.3) is 0 Å². The Balaban J connectivity index is 1.95. The molecule has 0 bridgehead atoms. The van der Waals surface area contributed by atoms with Gasteiger partial charge in [-0.25, -0.2) is 12.8 Å². The summed E-state index contributed by atoms with van der Waals surface area (Å²) in [5.41, 5.74) is 1.90. The predicted molar refractivity (Wildman–Crippen MR) is 65.0 cm³/mol. The van der Waals surface area contributed by atoms with Crippen LogP contribution in [-0.4, -0.2) is 26.0 Å². The zero-order chi connectivity index (χ0) is 12.5. The molecular weight excluding hydrogens is 241 g/mol. The van der Waals surface area contributed by atoms with Gasteiger partial charge in [0.2, 0.25) is 0 Å². The number of hydrogen-bond acceptors (Lipinski definition) is 3. The molecule has 3 nitrogen and oxygen atoms in total. The van der Waals surface area contributed by atoms with Crippen LogP contribution in [0.1, 0.15) is 17.5 Å². The minimum absolute atomic E-state index is 0.0319. The smallest absolute Gasteiger partial charge is 0.151 e. The first-order chi connectivity index (χ1) is 7.96. The first kappa shape index (κ1) is 12.5. The first-order valence-electron chi connectivity index (χ1n) is 5.65. The minimum Gasteiger partial charge on any atom is -0.309 e. The molecule has 0 saturated carbocycles. The number of nitrogens with one attached hydrogen (secondary N) is 1. The molecule has 94 valence electrons. The van der Waals surface area contributed by atoms with E-state index in [1.807, 2.05) is 6.92 Å². The second-order valence-corrected chi connectivity index (χ2v) is 6.78. The molecular formula is C12H16FNO2S. The third kappa shape index (κ3) is 3.26. The predicted octanol–water partition coefficient (Wildman–Crippen LogP) is 1.41. The van der Waals surface area contributed by atoms with Crippen LogP contribution in [0.4, 0.5) is 4.39 Å². The second-order valence-electron chi connectivity index (χ2n) is 4.55. The van der Waals surface area contributed by atoms with Gasteiger partial charge in [0.15, 0.2) is 9.84 Å². The maximum atomic E-state index is 12.9. The normalized spacial score (nSPS) is 22.8. The molecule has 0 aliphatic carbocycles. The Morgan fingerprint density at radius 3 is 2.82 bits per heavy atom. The molecule has 0 amide bonds. The third-order valence-electron chi connectivity index (χ3n) is 3.12. The topological polar surface area (TPSA) is 46.2 Å². The first-order valence-corrected chi connectivity index (χ1v) is 7.47. The summed E-state index contributed by atoms with van der Waals surface area (Å²) in [6.45, 7) is 2.44. The zero-order valence-corrected chi connectivity index (χ0v) is 10.6. The Bertz CT molecular complexity index is 513. The largest absolute Gasteiger partial charge is 0.309 e. The SMILES string of the molecule is Cc1cc(F)ccc1CNC1CCS(=O)(=O)C1. The lowest BCUT2D eigenvalue weighted by Crippen LogP contribution is -2.29. The lowest BCUT2D eigenvalue weighted by Gasteiger charge is -2.12. The molecule has 1 fully saturated rings. The highest BCUT2D eigenvalue weighted by Gasteiger charge is 2.27. The summed E-state index contributed by atoms with van der Waals surface area (Å²) >= 11 is 0. The van der Waals surface area contributed by atoms with Crippen LogP contribution in [0, 0.1) is 12.7 Å². The fourth-order valence-electron chi connectivity index (χ4n) is 2.07. The summed E-state index contributed by atoms with van der Waals surface area (Å²) in [6.07, 6.45) is 0.669. The van der Waals surface area contributed by atoms with Crippen molar-refractivity contribution in [2.75, 3.05) is 11.5 Å². The van der Waals surface area contributed by atoms with Crippen molar-refractivity contribution in [1.29, 1.82) is 0 Å². The molecule has 1 unspecified atom stereocenters. The summed E-state index contributed by atoms with van der Waals surface area (Å²) in [5.74, 6) is 0.245. The summed E-state index contributed by atoms with van der Waals surface area (Å²) in [4.78, 5) is 0. The van der Waals surface area contributed by atoms with Crippen molar-refractivity contribution in [3.05, 3.63) is 35.1 Å². The Morgan fingerprint density at radius 2 is 2.24 bits per heavy atom. The molecule has 0 spiro atoms. The van der Waals surface area contributed by atoms with Gasteiger partial charge in [-0.3, -0.25) is 0 Å². The molecule has 17 heavy (non-hydrogen) atoms. The van der Waals surface area contributed by atoms with Gasteiger partial charge in [0.05, 0.1) is 11.5 Å². The number of halogens is 1. The van der Waals surface area contributed by atoms with Crippen LogP contribution in [0.5, 0.6) is 0 Å². The average Bonchev–Trinajstić information content (AvgIpc) is 2.57. The zero-order valence-electron chi connectivity index (χ0n) is 9.74. The number of benzene rings is 1. The quantitative estimate of drug-likeness (QED) is 0.890. The number of aryl methyl sites for hydroxylation is 1. The molecule has 1 atom stereocenters. The molecule has 0 aromatic heterocycles. The number of rotatable bonds is 3. The summed E-state index contributed by atoms with van der Waals surface area (Å²) < 4.78 is 35.4. The van der Waals surface area contributed by atoms with Crippen molar-refractivity contribution >= 4 is 9.84 Å². The van der Waals surface area contributed by atoms with Gasteiger partial charge in [-0.15, -0.1) is 0 Å². The van der Waals surface area contributed by atoms with Gasteiger partial charge in [-0.1, -0.05) is 6.07 Å². The van der Waals surface area contributed by atoms with Crippen molar-refractivity contribution in [1.82, 2.24) is 5.32 Å². The Labute approximate surface area is 101 Å². The van der Waals surface area contributed by atoms with Crippen molar-refractivity contribution < 1.29 is 12.8 Å². The van der Waals surface area contributed by atoms with E-state index < -0.39 is 9.84 Å². The highest BCUT2D eigenvalue weighted by atomic mass is 32.2. The van der Waals surface area contributed by atoms with Gasteiger partial charge >= 0.3 is 0 Å². The van der Waals surface area contributed by atoms with Crippen LogP contribution in [0.3, 0.4) is 0 Å². The van der Waals surface area contributed by atoms with Gasteiger partial charge in [0.25, 0.3) is 0 Å². The molecule has 0 radical (unpaired) electrons. The minimum atomic E-state index is -2.84. The summed E-state index contributed by atoms with van der Waals surface area (Å²) in [6, 6.07) is 4.68. The van der Waals surface area contributed by atoms with Gasteiger partial charge in [-0.2, -0.15) is 0 Å². The Kier molecular flexibility index (Phi) is 3.49. The van der Waals surface area contributed by atoms with E-state index >= 15 is 0 Å². The molecule has 1 heterocycles. The van der Waals surface area contributed by atoms with E-state index in [1.165, 1.54) is 12.1 Å². The fraction of sp³-hybridized carbons (Fsp3) is 0.500. The Morgan fingerprint density at radius 1 is 1.47 bits per heavy atom. The number of sulfone groups is 1. The van der Waals surface area contributed by atoms with Crippen LogP contribution in [0.15, 0.2) is 18.2 Å². The maximum absolute atomic E-state index is 12.9. The third-order valence-corrected chi connectivity index (χ3v) is 4.89. The molecule has 1 aliphatic heterocycles. The van der Waals surface area contributed by atoms with E-state index in [4.69, 9.17) is 0 Å². The van der Waals surface area contributed by atoms with Crippen LogP contribution < -0.4 is 5.32 Å². The van der Waals surface area contributed by atoms with Gasteiger partial charge in [0, 0.05) is 12.6 Å². The lowest BCUT2D eigenvalue weighted by atomic mass is 10.1. The fourth-order valence-corrected chi connectivity index (χ4v) is 3.78. The second kappa shape index (κ2) is 4.74. The lowest BCUT2D eigenvalue weighted by molar-refractivity contribution is 0.552. The molecule has 1 aliphatic rings. The van der Waals surface area contributed by atoms with Gasteiger partial charge in [0.1, 0.15) is 5.82 Å². The van der Waals surface area contributed by atoms with Crippen molar-refractivity contribution in [2.24, 2.45) is 0 Å². The van der Waals surface area contributed by atoms with Gasteiger partial charge in [-0.05, 0) is 36.6 Å². The monoisotopic (exact) mass is 257 g/mol. The maximum Gasteiger partial charge on any atom is 0.151 e. The van der Waals surface area contributed by atoms with E-state index in [1.54, 1.807) is 6.07 Å². The molecule has 1 aromatic carbocycles. The van der Waals surface area contributed by atoms with Crippen molar-refractivity contribution in [3.8, 4) is 0 Å². The average molecular weight is 257 g/mol. The number of hydrogen-bond donors (Lipinski definition) is 1. The molecule has 1 saturated heterocycles. The summed E-state index contributed by atoms with van der Waals surface area (Å²) in [5, 5.41) is 3.21. The molecule has 1 aromatic rings. The highest BCUT2D eigenvalue weighted by molar-refractivity contribution is 7.91.